The van der Waals surface area contributed by atoms with Gasteiger partial charge >= 0.3 is 0 Å². The first-order chi connectivity index (χ1) is 4.83. The van der Waals surface area contributed by atoms with E-state index < -0.39 is 0 Å². The number of H-pyrrole nitrogens is 1. The number of rotatable bonds is 3. The van der Waals surface area contributed by atoms with Crippen molar-refractivity contribution in [3.05, 3.63) is 23.5 Å². The molecule has 1 N–H and O–H groups in total. The lowest BCUT2D eigenvalue weighted by molar-refractivity contribution is 0.202. The monoisotopic (exact) mass is 139 g/mol. The molecule has 56 valence electrons. The highest BCUT2D eigenvalue weighted by Crippen LogP contribution is 2.02. The fraction of sp³-hybridized carbons (Fsp3) is 0.500. The van der Waals surface area contributed by atoms with Crippen molar-refractivity contribution in [1.82, 2.24) is 4.98 Å². The van der Waals surface area contributed by atoms with E-state index in [4.69, 9.17) is 4.74 Å². The van der Waals surface area contributed by atoms with E-state index in [9.17, 15) is 0 Å². The lowest BCUT2D eigenvalue weighted by Crippen LogP contribution is -1.91. The van der Waals surface area contributed by atoms with Crippen LogP contribution in [0, 0.1) is 6.92 Å². The van der Waals surface area contributed by atoms with Gasteiger partial charge in [0, 0.05) is 19.0 Å². The molecule has 0 aliphatic heterocycles. The lowest BCUT2D eigenvalue weighted by atomic mass is 10.2. The van der Waals surface area contributed by atoms with Gasteiger partial charge in [0.25, 0.3) is 0 Å². The summed E-state index contributed by atoms with van der Waals surface area (Å²) in [7, 11) is 1.72. The number of aromatic nitrogens is 1. The first kappa shape index (κ1) is 7.35. The summed E-state index contributed by atoms with van der Waals surface area (Å²) in [6.45, 7) is 2.85. The molecule has 0 spiro atoms. The number of ether oxygens (including phenoxy) is 1. The maximum Gasteiger partial charge on any atom is 0.0503 e. The number of hydrogen-bond donors (Lipinski definition) is 1. The van der Waals surface area contributed by atoms with E-state index in [2.05, 4.69) is 18.0 Å². The first-order valence-corrected chi connectivity index (χ1v) is 3.46. The summed E-state index contributed by atoms with van der Waals surface area (Å²) in [6, 6.07) is 2.14. The summed E-state index contributed by atoms with van der Waals surface area (Å²) in [5, 5.41) is 0. The third-order valence-corrected chi connectivity index (χ3v) is 1.48. The summed E-state index contributed by atoms with van der Waals surface area (Å²) >= 11 is 0. The predicted molar refractivity (Wildman–Crippen MR) is 41.1 cm³/mol. The Labute approximate surface area is 61.2 Å². The summed E-state index contributed by atoms with van der Waals surface area (Å²) in [6.07, 6.45) is 3.02. The van der Waals surface area contributed by atoms with E-state index in [1.54, 1.807) is 7.11 Å². The smallest absolute Gasteiger partial charge is 0.0503 e. The van der Waals surface area contributed by atoms with Gasteiger partial charge in [0.1, 0.15) is 0 Å². The van der Waals surface area contributed by atoms with Crippen LogP contribution in [0.5, 0.6) is 0 Å². The minimum absolute atomic E-state index is 0.803. The van der Waals surface area contributed by atoms with E-state index in [0.29, 0.717) is 0 Å². The van der Waals surface area contributed by atoms with Gasteiger partial charge in [-0.05, 0) is 25.0 Å². The van der Waals surface area contributed by atoms with Crippen molar-refractivity contribution in [2.45, 2.75) is 13.3 Å². The van der Waals surface area contributed by atoms with Gasteiger partial charge in [-0.2, -0.15) is 0 Å². The number of aromatic amines is 1. The second-order valence-electron chi connectivity index (χ2n) is 2.43. The van der Waals surface area contributed by atoms with Crippen LogP contribution >= 0.6 is 0 Å². The molecule has 0 unspecified atom stereocenters. The third-order valence-electron chi connectivity index (χ3n) is 1.48. The maximum absolute atomic E-state index is 4.94. The molecule has 10 heavy (non-hydrogen) atoms. The first-order valence-electron chi connectivity index (χ1n) is 3.46. The summed E-state index contributed by atoms with van der Waals surface area (Å²) < 4.78 is 4.94. The molecule has 0 saturated carbocycles. The Bertz CT molecular complexity index is 193. The van der Waals surface area contributed by atoms with Gasteiger partial charge < -0.3 is 9.72 Å². The van der Waals surface area contributed by atoms with Crippen molar-refractivity contribution in [2.24, 2.45) is 0 Å². The van der Waals surface area contributed by atoms with Crippen molar-refractivity contribution in [2.75, 3.05) is 13.7 Å². The molecule has 0 aliphatic carbocycles. The zero-order chi connectivity index (χ0) is 7.40. The number of hydrogen-bond acceptors (Lipinski definition) is 1. The fourth-order valence-corrected chi connectivity index (χ4v) is 0.932. The summed E-state index contributed by atoms with van der Waals surface area (Å²) in [4.78, 5) is 3.12. The highest BCUT2D eigenvalue weighted by atomic mass is 16.5. The van der Waals surface area contributed by atoms with E-state index in [1.807, 2.05) is 6.20 Å². The minimum Gasteiger partial charge on any atom is -0.384 e. The maximum atomic E-state index is 4.94. The molecule has 1 heterocycles. The van der Waals surface area contributed by atoms with Crippen molar-refractivity contribution in [3.63, 3.8) is 0 Å². The molecule has 0 aromatic carbocycles. The molecule has 0 bridgehead atoms. The third kappa shape index (κ3) is 1.88. The Balaban J connectivity index is 2.42. The second kappa shape index (κ2) is 3.42. The van der Waals surface area contributed by atoms with Gasteiger partial charge in [-0.25, -0.2) is 0 Å². The van der Waals surface area contributed by atoms with Crippen molar-refractivity contribution in [1.29, 1.82) is 0 Å². The molecular weight excluding hydrogens is 126 g/mol. The van der Waals surface area contributed by atoms with Crippen LogP contribution in [-0.4, -0.2) is 18.7 Å². The van der Waals surface area contributed by atoms with E-state index in [0.717, 1.165) is 13.0 Å². The molecular formula is C8H13NO. The zero-order valence-electron chi connectivity index (χ0n) is 6.48. The molecule has 0 fully saturated rings. The van der Waals surface area contributed by atoms with Crippen molar-refractivity contribution < 1.29 is 4.74 Å². The number of nitrogens with one attached hydrogen (secondary N) is 1. The molecule has 1 rings (SSSR count). The quantitative estimate of drug-likeness (QED) is 0.674. The van der Waals surface area contributed by atoms with Crippen LogP contribution in [0.15, 0.2) is 12.3 Å². The van der Waals surface area contributed by atoms with Crippen LogP contribution in [-0.2, 0) is 11.2 Å². The standard InChI is InChI=1S/C8H13NO/c1-7-5-8(6-9-7)3-4-10-2/h5-6,9H,3-4H2,1-2H3. The molecule has 1 aromatic rings. The topological polar surface area (TPSA) is 25.0 Å². The average Bonchev–Trinajstić information content (AvgIpc) is 2.31. The zero-order valence-corrected chi connectivity index (χ0v) is 6.48. The lowest BCUT2D eigenvalue weighted by Gasteiger charge is -1.93. The van der Waals surface area contributed by atoms with Crippen LogP contribution in [0.4, 0.5) is 0 Å². The van der Waals surface area contributed by atoms with E-state index >= 15 is 0 Å². The van der Waals surface area contributed by atoms with Crippen LogP contribution in [0.3, 0.4) is 0 Å². The van der Waals surface area contributed by atoms with Gasteiger partial charge in [0.2, 0.25) is 0 Å². The van der Waals surface area contributed by atoms with E-state index in [1.165, 1.54) is 11.3 Å². The molecule has 2 nitrogen and oxygen atoms in total. The normalized spacial score (nSPS) is 10.2. The highest BCUT2D eigenvalue weighted by molar-refractivity contribution is 5.15. The average molecular weight is 139 g/mol. The largest absolute Gasteiger partial charge is 0.384 e. The second-order valence-corrected chi connectivity index (χ2v) is 2.43. The summed E-state index contributed by atoms with van der Waals surface area (Å²) in [5.74, 6) is 0. The molecule has 0 aliphatic rings. The summed E-state index contributed by atoms with van der Waals surface area (Å²) in [5.41, 5.74) is 2.53. The van der Waals surface area contributed by atoms with Gasteiger partial charge in [-0.3, -0.25) is 0 Å². The van der Waals surface area contributed by atoms with Gasteiger partial charge in [-0.15, -0.1) is 0 Å². The number of aryl methyl sites for hydroxylation is 1. The SMILES string of the molecule is COCCc1c[nH]c(C)c1. The Morgan fingerprint density at radius 3 is 2.90 bits per heavy atom. The Morgan fingerprint density at radius 2 is 2.40 bits per heavy atom. The van der Waals surface area contributed by atoms with Crippen molar-refractivity contribution in [3.8, 4) is 0 Å². The van der Waals surface area contributed by atoms with Crippen LogP contribution in [0.2, 0.25) is 0 Å². The van der Waals surface area contributed by atoms with Gasteiger partial charge in [0.15, 0.2) is 0 Å². The van der Waals surface area contributed by atoms with Crippen LogP contribution < -0.4 is 0 Å². The number of methoxy groups -OCH3 is 1. The Morgan fingerprint density at radius 1 is 1.60 bits per heavy atom. The molecule has 0 amide bonds. The molecule has 1 aromatic heterocycles. The molecule has 2 heteroatoms. The molecule has 0 saturated heterocycles. The van der Waals surface area contributed by atoms with Crippen LogP contribution in [0.1, 0.15) is 11.3 Å². The predicted octanol–water partition coefficient (Wildman–Crippen LogP) is 1.51. The van der Waals surface area contributed by atoms with Crippen LogP contribution in [0.25, 0.3) is 0 Å². The van der Waals surface area contributed by atoms with E-state index in [-0.39, 0.29) is 0 Å². The highest BCUT2D eigenvalue weighted by Gasteiger charge is 1.93. The molecule has 0 radical (unpaired) electrons. The Kier molecular flexibility index (Phi) is 2.51. The van der Waals surface area contributed by atoms with Gasteiger partial charge in [-0.1, -0.05) is 0 Å². The van der Waals surface area contributed by atoms with Gasteiger partial charge in [0.05, 0.1) is 6.61 Å². The fourth-order valence-electron chi connectivity index (χ4n) is 0.932. The Hall–Kier alpha value is -0.760. The van der Waals surface area contributed by atoms with Crippen molar-refractivity contribution >= 4 is 0 Å². The molecule has 0 atom stereocenters. The minimum atomic E-state index is 0.803.